The first-order valence-electron chi connectivity index (χ1n) is 5.31. The number of rotatable bonds is 4. The average molecular weight is 447 g/mol. The van der Waals surface area contributed by atoms with E-state index in [1.165, 1.54) is 0 Å². The maximum Gasteiger partial charge on any atom is 0.266 e. The number of aliphatic hydroxyl groups excluding tert-OH is 1. The summed E-state index contributed by atoms with van der Waals surface area (Å²) in [4.78, 5) is -0.339. The van der Waals surface area contributed by atoms with Crippen molar-refractivity contribution in [2.45, 2.75) is 11.5 Å². The van der Waals surface area contributed by atoms with E-state index in [2.05, 4.69) is 31.9 Å². The molecule has 2 aromatic rings. The SMILES string of the molecule is O=S(=O)(Nc1cc(F)c(Br)cc1F)c1cc(CO)oc1Br. The molecule has 0 unspecified atom stereocenters. The van der Waals surface area contributed by atoms with Gasteiger partial charge in [-0.3, -0.25) is 4.72 Å². The van der Waals surface area contributed by atoms with Gasteiger partial charge in [0.1, 0.15) is 28.9 Å². The fourth-order valence-corrected chi connectivity index (χ4v) is 3.83. The van der Waals surface area contributed by atoms with Gasteiger partial charge >= 0.3 is 0 Å². The third-order valence-corrected chi connectivity index (χ3v) is 5.24. The molecule has 0 spiro atoms. The minimum atomic E-state index is -4.21. The largest absolute Gasteiger partial charge is 0.450 e. The lowest BCUT2D eigenvalue weighted by Gasteiger charge is -2.08. The lowest BCUT2D eigenvalue weighted by molar-refractivity contribution is 0.245. The zero-order valence-corrected chi connectivity index (χ0v) is 14.0. The van der Waals surface area contributed by atoms with Crippen LogP contribution in [0.2, 0.25) is 0 Å². The van der Waals surface area contributed by atoms with Crippen LogP contribution in [0.25, 0.3) is 0 Å². The van der Waals surface area contributed by atoms with Crippen LogP contribution < -0.4 is 4.72 Å². The van der Waals surface area contributed by atoms with E-state index in [0.29, 0.717) is 6.07 Å². The number of nitrogens with one attached hydrogen (secondary N) is 1. The maximum absolute atomic E-state index is 13.6. The van der Waals surface area contributed by atoms with Crippen LogP contribution in [-0.2, 0) is 16.6 Å². The monoisotopic (exact) mass is 445 g/mol. The molecule has 1 aromatic carbocycles. The van der Waals surface area contributed by atoms with E-state index >= 15 is 0 Å². The van der Waals surface area contributed by atoms with Crippen LogP contribution in [0.4, 0.5) is 14.5 Å². The molecule has 1 aromatic heterocycles. The second-order valence-corrected chi connectivity index (χ2v) is 7.09. The van der Waals surface area contributed by atoms with Gasteiger partial charge in [-0.1, -0.05) is 0 Å². The molecule has 0 bridgehead atoms. The van der Waals surface area contributed by atoms with Gasteiger partial charge in [0.15, 0.2) is 4.67 Å². The highest BCUT2D eigenvalue weighted by Crippen LogP contribution is 2.30. The first-order valence-corrected chi connectivity index (χ1v) is 8.38. The van der Waals surface area contributed by atoms with E-state index in [1.54, 1.807) is 0 Å². The van der Waals surface area contributed by atoms with Crippen LogP contribution in [0.15, 0.2) is 36.7 Å². The molecular weight excluding hydrogens is 440 g/mol. The number of furan rings is 1. The Hall–Kier alpha value is -0.970. The molecule has 1 heterocycles. The zero-order chi connectivity index (χ0) is 15.8. The minimum Gasteiger partial charge on any atom is -0.450 e. The highest BCUT2D eigenvalue weighted by molar-refractivity contribution is 9.10. The van der Waals surface area contributed by atoms with Gasteiger partial charge < -0.3 is 9.52 Å². The summed E-state index contributed by atoms with van der Waals surface area (Å²) in [5, 5.41) is 8.90. The fraction of sp³-hybridized carbons (Fsp3) is 0.0909. The standard InChI is InChI=1S/C11H7Br2F2NO4S/c12-6-2-8(15)9(3-7(6)14)16-21(18,19)10-1-5(4-17)20-11(10)13/h1-3,16-17H,4H2. The Bertz CT molecular complexity index is 792. The normalized spacial score (nSPS) is 11.7. The van der Waals surface area contributed by atoms with Gasteiger partial charge in [0.05, 0.1) is 10.2 Å². The summed E-state index contributed by atoms with van der Waals surface area (Å²) in [6.45, 7) is -0.505. The number of hydrogen-bond acceptors (Lipinski definition) is 4. The molecule has 10 heteroatoms. The number of benzene rings is 1. The van der Waals surface area contributed by atoms with Gasteiger partial charge in [-0.25, -0.2) is 17.2 Å². The van der Waals surface area contributed by atoms with Crippen molar-refractivity contribution >= 4 is 47.6 Å². The molecule has 2 rings (SSSR count). The zero-order valence-electron chi connectivity index (χ0n) is 10.0. The number of sulfonamides is 1. The van der Waals surface area contributed by atoms with Gasteiger partial charge in [-0.05, 0) is 37.9 Å². The predicted octanol–water partition coefficient (Wildman–Crippen LogP) is 3.38. The van der Waals surface area contributed by atoms with Crippen molar-refractivity contribution in [1.82, 2.24) is 0 Å². The van der Waals surface area contributed by atoms with Crippen LogP contribution in [-0.4, -0.2) is 13.5 Å². The summed E-state index contributed by atoms with van der Waals surface area (Å²) in [5.41, 5.74) is -0.547. The molecule has 21 heavy (non-hydrogen) atoms. The molecule has 0 radical (unpaired) electrons. The molecule has 0 aliphatic heterocycles. The second kappa shape index (κ2) is 6.03. The van der Waals surface area contributed by atoms with Crippen LogP contribution >= 0.6 is 31.9 Å². The van der Waals surface area contributed by atoms with Crippen molar-refractivity contribution in [3.63, 3.8) is 0 Å². The van der Waals surface area contributed by atoms with Crippen molar-refractivity contribution in [3.8, 4) is 0 Å². The van der Waals surface area contributed by atoms with E-state index in [4.69, 9.17) is 9.52 Å². The molecule has 114 valence electrons. The summed E-state index contributed by atoms with van der Waals surface area (Å²) in [6, 6.07) is 2.58. The topological polar surface area (TPSA) is 79.5 Å². The molecule has 0 aliphatic carbocycles. The van der Waals surface area contributed by atoms with Gasteiger partial charge in [0.25, 0.3) is 10.0 Å². The first-order chi connectivity index (χ1) is 9.74. The Kier molecular flexibility index (Phi) is 4.71. The number of halogens is 4. The van der Waals surface area contributed by atoms with E-state index < -0.39 is 34.0 Å². The molecule has 0 fully saturated rings. The van der Waals surface area contributed by atoms with Crippen molar-refractivity contribution in [2.24, 2.45) is 0 Å². The molecule has 0 saturated heterocycles. The Morgan fingerprint density at radius 1 is 1.19 bits per heavy atom. The molecular formula is C11H7Br2F2NO4S. The van der Waals surface area contributed by atoms with Crippen molar-refractivity contribution in [3.05, 3.63) is 44.7 Å². The van der Waals surface area contributed by atoms with Crippen LogP contribution in [0.1, 0.15) is 5.76 Å². The average Bonchev–Trinajstić information content (AvgIpc) is 2.78. The number of hydrogen-bond donors (Lipinski definition) is 2. The van der Waals surface area contributed by atoms with E-state index in [1.807, 2.05) is 4.72 Å². The van der Waals surface area contributed by atoms with E-state index in [0.717, 1.165) is 12.1 Å². The van der Waals surface area contributed by atoms with Crippen molar-refractivity contribution < 1.29 is 26.7 Å². The quantitative estimate of drug-likeness (QED) is 0.705. The Balaban J connectivity index is 2.42. The maximum atomic E-state index is 13.6. The molecule has 2 N–H and O–H groups in total. The molecule has 0 atom stereocenters. The summed E-state index contributed by atoms with van der Waals surface area (Å²) in [5.74, 6) is -1.77. The summed E-state index contributed by atoms with van der Waals surface area (Å²) >= 11 is 5.67. The van der Waals surface area contributed by atoms with Crippen LogP contribution in [0.5, 0.6) is 0 Å². The Morgan fingerprint density at radius 3 is 2.43 bits per heavy atom. The predicted molar refractivity (Wildman–Crippen MR) is 77.2 cm³/mol. The summed E-state index contributed by atoms with van der Waals surface area (Å²) in [6.07, 6.45) is 0. The Labute approximate surface area is 135 Å². The van der Waals surface area contributed by atoms with Crippen LogP contribution in [0.3, 0.4) is 0 Å². The van der Waals surface area contributed by atoms with Gasteiger partial charge in [-0.15, -0.1) is 0 Å². The molecule has 5 nitrogen and oxygen atoms in total. The van der Waals surface area contributed by atoms with Crippen LogP contribution in [0, 0.1) is 11.6 Å². The lowest BCUT2D eigenvalue weighted by atomic mass is 10.3. The Morgan fingerprint density at radius 2 is 1.86 bits per heavy atom. The first kappa shape index (κ1) is 16.4. The van der Waals surface area contributed by atoms with Crippen molar-refractivity contribution in [2.75, 3.05) is 4.72 Å². The lowest BCUT2D eigenvalue weighted by Crippen LogP contribution is -2.14. The van der Waals surface area contributed by atoms with Crippen molar-refractivity contribution in [1.29, 1.82) is 0 Å². The number of aliphatic hydroxyl groups is 1. The third-order valence-electron chi connectivity index (χ3n) is 2.41. The highest BCUT2D eigenvalue weighted by Gasteiger charge is 2.24. The van der Waals surface area contributed by atoms with Gasteiger partial charge in [0.2, 0.25) is 0 Å². The van der Waals surface area contributed by atoms with E-state index in [-0.39, 0.29) is 19.8 Å². The van der Waals surface area contributed by atoms with Gasteiger partial charge in [0, 0.05) is 12.1 Å². The smallest absolute Gasteiger partial charge is 0.266 e. The molecule has 0 aliphatic rings. The summed E-state index contributed by atoms with van der Waals surface area (Å²) < 4.78 is 57.8. The molecule has 0 saturated carbocycles. The van der Waals surface area contributed by atoms with E-state index in [9.17, 15) is 17.2 Å². The highest BCUT2D eigenvalue weighted by atomic mass is 79.9. The minimum absolute atomic E-state index is 0.00436. The molecule has 0 amide bonds. The third kappa shape index (κ3) is 3.44. The summed E-state index contributed by atoms with van der Waals surface area (Å²) in [7, 11) is -4.21. The number of anilines is 1. The second-order valence-electron chi connectivity index (χ2n) is 3.86. The fourth-order valence-electron chi connectivity index (χ4n) is 1.46. The van der Waals surface area contributed by atoms with Gasteiger partial charge in [-0.2, -0.15) is 0 Å².